The first-order valence-corrected chi connectivity index (χ1v) is 5.95. The average Bonchev–Trinajstić information content (AvgIpc) is 2.13. The molecule has 2 unspecified atom stereocenters. The van der Waals surface area contributed by atoms with E-state index in [1.54, 1.807) is 0 Å². The van der Waals surface area contributed by atoms with Gasteiger partial charge in [-0.15, -0.1) is 6.58 Å². The largest absolute Gasteiger partial charge is 0.480 e. The number of hydrogen-bond donors (Lipinski definition) is 3. The van der Waals surface area contributed by atoms with Crippen LogP contribution in [0.2, 0.25) is 0 Å². The summed E-state index contributed by atoms with van der Waals surface area (Å²) >= 11 is 0. The van der Waals surface area contributed by atoms with Gasteiger partial charge < -0.3 is 15.7 Å². The number of rotatable bonds is 6. The molecule has 1 aliphatic rings. The molecule has 0 spiro atoms. The van der Waals surface area contributed by atoms with Crippen molar-refractivity contribution < 1.29 is 14.7 Å². The third kappa shape index (κ3) is 4.09. The van der Waals surface area contributed by atoms with E-state index in [0.717, 1.165) is 12.8 Å². The number of carbonyl (C=O) groups excluding carboxylic acids is 1. The highest BCUT2D eigenvalue weighted by atomic mass is 16.4. The summed E-state index contributed by atoms with van der Waals surface area (Å²) in [5.41, 5.74) is 0. The van der Waals surface area contributed by atoms with Gasteiger partial charge in [-0.1, -0.05) is 12.5 Å². The lowest BCUT2D eigenvalue weighted by Gasteiger charge is -2.32. The van der Waals surface area contributed by atoms with E-state index in [2.05, 4.69) is 17.2 Å². The van der Waals surface area contributed by atoms with Crippen molar-refractivity contribution in [1.82, 2.24) is 10.6 Å². The first kappa shape index (κ1) is 13.5. The van der Waals surface area contributed by atoms with Crippen LogP contribution >= 0.6 is 0 Å². The fourth-order valence-electron chi connectivity index (χ4n) is 1.85. The van der Waals surface area contributed by atoms with Crippen LogP contribution < -0.4 is 10.6 Å². The zero-order valence-electron chi connectivity index (χ0n) is 10.1. The molecule has 0 aromatic carbocycles. The number of carbonyl (C=O) groups is 2. The molecule has 0 aromatic rings. The Morgan fingerprint density at radius 1 is 1.47 bits per heavy atom. The molecule has 5 nitrogen and oxygen atoms in total. The van der Waals surface area contributed by atoms with Gasteiger partial charge in [0.1, 0.15) is 6.04 Å². The molecule has 1 saturated carbocycles. The first-order valence-electron chi connectivity index (χ1n) is 5.95. The molecule has 1 rings (SSSR count). The van der Waals surface area contributed by atoms with Crippen molar-refractivity contribution in [3.05, 3.63) is 12.7 Å². The molecular formula is C12H20N2O3. The highest BCUT2D eigenvalue weighted by molar-refractivity contribution is 5.82. The van der Waals surface area contributed by atoms with Gasteiger partial charge in [-0.3, -0.25) is 0 Å². The van der Waals surface area contributed by atoms with Crippen LogP contribution in [0.15, 0.2) is 12.7 Å². The van der Waals surface area contributed by atoms with Crippen LogP contribution in [0, 0.1) is 5.92 Å². The van der Waals surface area contributed by atoms with Gasteiger partial charge in [-0.2, -0.15) is 0 Å². The van der Waals surface area contributed by atoms with Crippen molar-refractivity contribution in [2.75, 3.05) is 0 Å². The van der Waals surface area contributed by atoms with E-state index in [0.29, 0.717) is 5.92 Å². The first-order chi connectivity index (χ1) is 8.04. The van der Waals surface area contributed by atoms with Crippen molar-refractivity contribution in [1.29, 1.82) is 0 Å². The summed E-state index contributed by atoms with van der Waals surface area (Å²) in [5, 5.41) is 14.1. The number of nitrogens with one attached hydrogen (secondary N) is 2. The third-order valence-electron chi connectivity index (χ3n) is 3.22. The monoisotopic (exact) mass is 240 g/mol. The second kappa shape index (κ2) is 6.27. The molecule has 2 amide bonds. The average molecular weight is 240 g/mol. The Balaban J connectivity index is 2.35. The molecule has 17 heavy (non-hydrogen) atoms. The van der Waals surface area contributed by atoms with Crippen LogP contribution in [0.25, 0.3) is 0 Å². The Labute approximate surface area is 101 Å². The lowest BCUT2D eigenvalue weighted by molar-refractivity contribution is -0.139. The Morgan fingerprint density at radius 2 is 2.12 bits per heavy atom. The van der Waals surface area contributed by atoms with Gasteiger partial charge in [0, 0.05) is 6.04 Å². The van der Waals surface area contributed by atoms with Crippen LogP contribution in [-0.2, 0) is 4.79 Å². The van der Waals surface area contributed by atoms with Gasteiger partial charge in [0.15, 0.2) is 0 Å². The van der Waals surface area contributed by atoms with Crippen molar-refractivity contribution in [3.8, 4) is 0 Å². The zero-order valence-corrected chi connectivity index (χ0v) is 10.1. The molecule has 3 N–H and O–H groups in total. The second-order valence-corrected chi connectivity index (χ2v) is 4.51. The van der Waals surface area contributed by atoms with Gasteiger partial charge in [0.25, 0.3) is 0 Å². The number of carboxylic acids is 1. The zero-order chi connectivity index (χ0) is 12.8. The summed E-state index contributed by atoms with van der Waals surface area (Å²) in [5.74, 6) is -0.514. The summed E-state index contributed by atoms with van der Waals surface area (Å²) in [4.78, 5) is 22.4. The Morgan fingerprint density at radius 3 is 2.53 bits per heavy atom. The van der Waals surface area contributed by atoms with Gasteiger partial charge in [-0.25, -0.2) is 9.59 Å². The highest BCUT2D eigenvalue weighted by Crippen LogP contribution is 2.29. The van der Waals surface area contributed by atoms with Gasteiger partial charge in [-0.05, 0) is 32.1 Å². The number of aliphatic carboxylic acids is 1. The Hall–Kier alpha value is -1.52. The van der Waals surface area contributed by atoms with E-state index in [9.17, 15) is 9.59 Å². The molecule has 0 saturated heterocycles. The van der Waals surface area contributed by atoms with Crippen molar-refractivity contribution in [3.63, 3.8) is 0 Å². The maximum absolute atomic E-state index is 11.6. The van der Waals surface area contributed by atoms with E-state index in [-0.39, 0.29) is 12.5 Å². The lowest BCUT2D eigenvalue weighted by atomic mass is 9.80. The molecule has 0 radical (unpaired) electrons. The summed E-state index contributed by atoms with van der Waals surface area (Å²) < 4.78 is 0. The summed E-state index contributed by atoms with van der Waals surface area (Å²) in [6.45, 7) is 5.42. The third-order valence-corrected chi connectivity index (χ3v) is 3.22. The van der Waals surface area contributed by atoms with Crippen molar-refractivity contribution in [2.24, 2.45) is 5.92 Å². The smallest absolute Gasteiger partial charge is 0.326 e. The van der Waals surface area contributed by atoms with E-state index in [1.807, 2.05) is 6.92 Å². The fraction of sp³-hybridized carbons (Fsp3) is 0.667. The lowest BCUT2D eigenvalue weighted by Crippen LogP contribution is -2.50. The molecule has 0 heterocycles. The Kier molecular flexibility index (Phi) is 5.00. The normalized spacial score (nSPS) is 18.6. The predicted octanol–water partition coefficient (Wildman–Crippen LogP) is 1.50. The van der Waals surface area contributed by atoms with Crippen LogP contribution in [0.1, 0.15) is 32.6 Å². The second-order valence-electron chi connectivity index (χ2n) is 4.51. The Bertz CT molecular complexity index is 300. The summed E-state index contributed by atoms with van der Waals surface area (Å²) in [6, 6.07) is -1.22. The van der Waals surface area contributed by atoms with E-state index in [1.165, 1.54) is 12.5 Å². The summed E-state index contributed by atoms with van der Waals surface area (Å²) in [6.07, 6.45) is 5.19. The molecule has 5 heteroatoms. The topological polar surface area (TPSA) is 78.4 Å². The van der Waals surface area contributed by atoms with E-state index in [4.69, 9.17) is 5.11 Å². The predicted molar refractivity (Wildman–Crippen MR) is 64.7 cm³/mol. The minimum atomic E-state index is -1.05. The highest BCUT2D eigenvalue weighted by Gasteiger charge is 2.26. The molecular weight excluding hydrogens is 220 g/mol. The van der Waals surface area contributed by atoms with Crippen LogP contribution in [0.5, 0.6) is 0 Å². The van der Waals surface area contributed by atoms with Crippen LogP contribution in [0.4, 0.5) is 4.79 Å². The molecule has 1 fully saturated rings. The molecule has 0 aromatic heterocycles. The van der Waals surface area contributed by atoms with E-state index >= 15 is 0 Å². The molecule has 96 valence electrons. The SMILES string of the molecule is C=CCC(NC(=O)NC(C)C1CCC1)C(=O)O. The van der Waals surface area contributed by atoms with Gasteiger partial charge in [0.05, 0.1) is 0 Å². The molecule has 2 atom stereocenters. The van der Waals surface area contributed by atoms with Crippen LogP contribution in [0.3, 0.4) is 0 Å². The fourth-order valence-corrected chi connectivity index (χ4v) is 1.85. The van der Waals surface area contributed by atoms with Crippen LogP contribution in [-0.4, -0.2) is 29.2 Å². The number of amides is 2. The van der Waals surface area contributed by atoms with Gasteiger partial charge >= 0.3 is 12.0 Å². The number of urea groups is 1. The van der Waals surface area contributed by atoms with E-state index < -0.39 is 18.0 Å². The quantitative estimate of drug-likeness (QED) is 0.616. The molecule has 1 aliphatic carbocycles. The molecule has 0 aliphatic heterocycles. The minimum Gasteiger partial charge on any atom is -0.480 e. The van der Waals surface area contributed by atoms with Crippen molar-refractivity contribution >= 4 is 12.0 Å². The van der Waals surface area contributed by atoms with Gasteiger partial charge in [0.2, 0.25) is 0 Å². The number of carboxylic acid groups (broad SMARTS) is 1. The minimum absolute atomic E-state index is 0.0990. The maximum atomic E-state index is 11.6. The van der Waals surface area contributed by atoms with Crippen molar-refractivity contribution in [2.45, 2.75) is 44.7 Å². The summed E-state index contributed by atoms with van der Waals surface area (Å²) in [7, 11) is 0. The molecule has 0 bridgehead atoms. The standard InChI is InChI=1S/C12H20N2O3/c1-3-5-10(11(15)16)14-12(17)13-8(2)9-6-4-7-9/h3,8-10H,1,4-7H2,2H3,(H,15,16)(H2,13,14,17). The number of hydrogen-bond acceptors (Lipinski definition) is 2. The maximum Gasteiger partial charge on any atom is 0.326 e.